The highest BCUT2D eigenvalue weighted by Crippen LogP contribution is 2.33. The minimum Gasteiger partial charge on any atom is -0.384 e. The molecule has 1 fully saturated rings. The van der Waals surface area contributed by atoms with Crippen molar-refractivity contribution in [2.45, 2.75) is 18.4 Å². The Hall–Kier alpha value is -0.450. The van der Waals surface area contributed by atoms with Gasteiger partial charge in [-0.15, -0.1) is 0 Å². The largest absolute Gasteiger partial charge is 0.384 e. The number of hydrogen-bond acceptors (Lipinski definition) is 2. The van der Waals surface area contributed by atoms with Gasteiger partial charge in [0.05, 0.1) is 0 Å². The number of hydrogen-bond donors (Lipinski definition) is 2. The fraction of sp³-hybridized carbons (Fsp3) is 0.455. The van der Waals surface area contributed by atoms with E-state index in [1.165, 1.54) is 12.1 Å². The van der Waals surface area contributed by atoms with E-state index in [4.69, 9.17) is 0 Å². The maximum atomic E-state index is 13.1. The predicted octanol–water partition coefficient (Wildman–Crippen LogP) is 2.16. The van der Waals surface area contributed by atoms with Crippen molar-refractivity contribution in [2.75, 3.05) is 13.1 Å². The van der Waals surface area contributed by atoms with Crippen molar-refractivity contribution < 1.29 is 9.50 Å². The van der Waals surface area contributed by atoms with Crippen LogP contribution in [0.5, 0.6) is 0 Å². The van der Waals surface area contributed by atoms with E-state index in [1.807, 2.05) is 0 Å². The quantitative estimate of drug-likeness (QED) is 0.822. The van der Waals surface area contributed by atoms with Crippen LogP contribution in [0.25, 0.3) is 0 Å². The van der Waals surface area contributed by atoms with Gasteiger partial charge in [-0.2, -0.15) is 0 Å². The Balaban J connectivity index is 2.38. The summed E-state index contributed by atoms with van der Waals surface area (Å²) in [6.07, 6.45) is 1.57. The Morgan fingerprint density at radius 2 is 2.27 bits per heavy atom. The van der Waals surface area contributed by atoms with Gasteiger partial charge in [-0.3, -0.25) is 0 Å². The highest BCUT2D eigenvalue weighted by molar-refractivity contribution is 9.10. The number of nitrogens with one attached hydrogen (secondary N) is 1. The Morgan fingerprint density at radius 3 is 2.93 bits per heavy atom. The molecule has 82 valence electrons. The normalized spacial score (nSPS) is 26.6. The molecule has 1 aromatic rings. The van der Waals surface area contributed by atoms with Crippen LogP contribution in [0.15, 0.2) is 22.7 Å². The van der Waals surface area contributed by atoms with Crippen molar-refractivity contribution >= 4 is 15.9 Å². The van der Waals surface area contributed by atoms with Gasteiger partial charge in [-0.25, -0.2) is 4.39 Å². The predicted molar refractivity (Wildman–Crippen MR) is 60.1 cm³/mol. The van der Waals surface area contributed by atoms with Crippen molar-refractivity contribution in [1.82, 2.24) is 5.32 Å². The van der Waals surface area contributed by atoms with Gasteiger partial charge in [0, 0.05) is 16.6 Å². The number of benzene rings is 1. The number of rotatable bonds is 1. The average molecular weight is 274 g/mol. The molecule has 1 unspecified atom stereocenters. The van der Waals surface area contributed by atoms with E-state index < -0.39 is 5.60 Å². The lowest BCUT2D eigenvalue weighted by Crippen LogP contribution is -2.43. The minimum atomic E-state index is -0.945. The summed E-state index contributed by atoms with van der Waals surface area (Å²) in [5.74, 6) is -0.313. The van der Waals surface area contributed by atoms with Crippen LogP contribution in [0.1, 0.15) is 18.4 Å². The summed E-state index contributed by atoms with van der Waals surface area (Å²) < 4.78 is 13.9. The molecule has 0 amide bonds. The Morgan fingerprint density at radius 1 is 1.47 bits per heavy atom. The van der Waals surface area contributed by atoms with Crippen molar-refractivity contribution in [3.8, 4) is 0 Å². The monoisotopic (exact) mass is 273 g/mol. The van der Waals surface area contributed by atoms with E-state index in [0.29, 0.717) is 18.5 Å². The number of piperidine rings is 1. The van der Waals surface area contributed by atoms with Crippen molar-refractivity contribution in [1.29, 1.82) is 0 Å². The first kappa shape index (κ1) is 11.0. The van der Waals surface area contributed by atoms with Crippen molar-refractivity contribution in [3.63, 3.8) is 0 Å². The number of β-amino-alcohol motifs (C(OH)–C–C–N with tert-alkyl or cyclic N) is 1. The zero-order valence-corrected chi connectivity index (χ0v) is 9.85. The van der Waals surface area contributed by atoms with Gasteiger partial charge in [-0.1, -0.05) is 15.9 Å². The third-order valence-corrected chi connectivity index (χ3v) is 3.48. The summed E-state index contributed by atoms with van der Waals surface area (Å²) >= 11 is 3.35. The van der Waals surface area contributed by atoms with Crippen LogP contribution in [-0.2, 0) is 5.60 Å². The number of aliphatic hydroxyl groups is 1. The molecule has 0 aliphatic carbocycles. The molecule has 1 saturated heterocycles. The molecular formula is C11H13BrFNO. The highest BCUT2D eigenvalue weighted by atomic mass is 79.9. The first-order valence-corrected chi connectivity index (χ1v) is 5.80. The van der Waals surface area contributed by atoms with Crippen molar-refractivity contribution in [2.24, 2.45) is 0 Å². The van der Waals surface area contributed by atoms with Gasteiger partial charge >= 0.3 is 0 Å². The molecule has 2 nitrogen and oxygen atoms in total. The standard InChI is InChI=1S/C11H13BrFNO/c12-10-3-2-8(13)6-9(10)11(15)4-1-5-14-7-11/h2-3,6,14-15H,1,4-5,7H2. The maximum absolute atomic E-state index is 13.1. The molecule has 0 aromatic heterocycles. The third kappa shape index (κ3) is 2.22. The Bertz CT molecular complexity index is 364. The molecule has 2 rings (SSSR count). The maximum Gasteiger partial charge on any atom is 0.123 e. The van der Waals surface area contributed by atoms with Crippen LogP contribution in [-0.4, -0.2) is 18.2 Å². The summed E-state index contributed by atoms with van der Waals surface area (Å²) in [7, 11) is 0. The summed E-state index contributed by atoms with van der Waals surface area (Å²) in [6.45, 7) is 1.39. The first-order valence-electron chi connectivity index (χ1n) is 5.00. The SMILES string of the molecule is OC1(c2cc(F)ccc2Br)CCCNC1. The summed E-state index contributed by atoms with van der Waals surface area (Å²) in [5, 5.41) is 13.5. The molecule has 1 atom stereocenters. The van der Waals surface area contributed by atoms with Crippen LogP contribution in [0.3, 0.4) is 0 Å². The van der Waals surface area contributed by atoms with Gasteiger partial charge < -0.3 is 10.4 Å². The molecule has 15 heavy (non-hydrogen) atoms. The molecular weight excluding hydrogens is 261 g/mol. The van der Waals surface area contributed by atoms with Crippen LogP contribution in [0.2, 0.25) is 0 Å². The van der Waals surface area contributed by atoms with E-state index >= 15 is 0 Å². The highest BCUT2D eigenvalue weighted by Gasteiger charge is 2.33. The van der Waals surface area contributed by atoms with Gasteiger partial charge in [0.15, 0.2) is 0 Å². The van der Waals surface area contributed by atoms with E-state index in [2.05, 4.69) is 21.2 Å². The summed E-state index contributed by atoms with van der Waals surface area (Å²) in [4.78, 5) is 0. The van der Waals surface area contributed by atoms with E-state index in [9.17, 15) is 9.50 Å². The van der Waals surface area contributed by atoms with Gasteiger partial charge in [0.2, 0.25) is 0 Å². The van der Waals surface area contributed by atoms with Gasteiger partial charge in [0.25, 0.3) is 0 Å². The summed E-state index contributed by atoms with van der Waals surface area (Å²) in [6, 6.07) is 4.42. The van der Waals surface area contributed by atoms with E-state index in [-0.39, 0.29) is 5.82 Å². The molecule has 0 radical (unpaired) electrons. The van der Waals surface area contributed by atoms with Crippen LogP contribution < -0.4 is 5.32 Å². The van der Waals surface area contributed by atoms with E-state index in [1.54, 1.807) is 6.07 Å². The second-order valence-electron chi connectivity index (χ2n) is 3.94. The Kier molecular flexibility index (Phi) is 3.09. The lowest BCUT2D eigenvalue weighted by molar-refractivity contribution is 0.0114. The molecule has 2 N–H and O–H groups in total. The number of halogens is 2. The summed E-state index contributed by atoms with van der Waals surface area (Å²) in [5.41, 5.74) is -0.311. The topological polar surface area (TPSA) is 32.3 Å². The third-order valence-electron chi connectivity index (χ3n) is 2.79. The smallest absolute Gasteiger partial charge is 0.123 e. The molecule has 0 spiro atoms. The zero-order valence-electron chi connectivity index (χ0n) is 8.26. The minimum absolute atomic E-state index is 0.313. The average Bonchev–Trinajstić information content (AvgIpc) is 2.23. The lowest BCUT2D eigenvalue weighted by atomic mass is 9.87. The van der Waals surface area contributed by atoms with Gasteiger partial charge in [-0.05, 0) is 37.6 Å². The van der Waals surface area contributed by atoms with Crippen LogP contribution in [0.4, 0.5) is 4.39 Å². The second kappa shape index (κ2) is 4.20. The molecule has 4 heteroatoms. The molecule has 1 heterocycles. The Labute approximate surface area is 96.6 Å². The van der Waals surface area contributed by atoms with Crippen molar-refractivity contribution in [3.05, 3.63) is 34.1 Å². The molecule has 1 aliphatic heterocycles. The molecule has 0 bridgehead atoms. The first-order chi connectivity index (χ1) is 7.12. The molecule has 1 aromatic carbocycles. The molecule has 0 saturated carbocycles. The second-order valence-corrected chi connectivity index (χ2v) is 4.79. The molecule has 1 aliphatic rings. The van der Waals surface area contributed by atoms with Gasteiger partial charge in [0.1, 0.15) is 11.4 Å². The van der Waals surface area contributed by atoms with Crippen LogP contribution in [0, 0.1) is 5.82 Å². The zero-order chi connectivity index (χ0) is 10.9. The van der Waals surface area contributed by atoms with Crippen LogP contribution >= 0.6 is 15.9 Å². The fourth-order valence-electron chi connectivity index (χ4n) is 1.97. The fourth-order valence-corrected chi connectivity index (χ4v) is 2.59. The van der Waals surface area contributed by atoms with E-state index in [0.717, 1.165) is 17.4 Å². The lowest BCUT2D eigenvalue weighted by Gasteiger charge is -2.33.